The van der Waals surface area contributed by atoms with Crippen molar-refractivity contribution >= 4 is 5.91 Å². The van der Waals surface area contributed by atoms with E-state index in [4.69, 9.17) is 4.42 Å². The molecule has 1 amide bonds. The predicted octanol–water partition coefficient (Wildman–Crippen LogP) is 4.50. The molecular weight excluding hydrogens is 350 g/mol. The number of oxazole rings is 1. The van der Waals surface area contributed by atoms with Gasteiger partial charge in [-0.15, -0.1) is 0 Å². The first-order valence-electron chi connectivity index (χ1n) is 9.64. The molecule has 1 aromatic heterocycles. The number of aromatic nitrogens is 1. The van der Waals surface area contributed by atoms with E-state index in [9.17, 15) is 4.79 Å². The Morgan fingerprint density at radius 2 is 1.82 bits per heavy atom. The molecule has 3 aromatic rings. The summed E-state index contributed by atoms with van der Waals surface area (Å²) in [7, 11) is 0. The SMILES string of the molecule is CCNC(=O)c1coc(CN(Cc2ccccc2C)[C@@H](C)c2ccccc2)n1. The number of hydrogen-bond acceptors (Lipinski definition) is 4. The quantitative estimate of drug-likeness (QED) is 0.628. The van der Waals surface area contributed by atoms with E-state index in [1.807, 2.05) is 13.0 Å². The second-order valence-electron chi connectivity index (χ2n) is 6.90. The molecule has 0 spiro atoms. The summed E-state index contributed by atoms with van der Waals surface area (Å²) >= 11 is 0. The van der Waals surface area contributed by atoms with Gasteiger partial charge in [-0.2, -0.15) is 0 Å². The van der Waals surface area contributed by atoms with Crippen LogP contribution >= 0.6 is 0 Å². The Kier molecular flexibility index (Phi) is 6.61. The fourth-order valence-corrected chi connectivity index (χ4v) is 3.19. The van der Waals surface area contributed by atoms with Gasteiger partial charge >= 0.3 is 0 Å². The molecule has 2 aromatic carbocycles. The summed E-state index contributed by atoms with van der Waals surface area (Å²) in [5.41, 5.74) is 4.07. The summed E-state index contributed by atoms with van der Waals surface area (Å²) in [6.07, 6.45) is 1.43. The first kappa shape index (κ1) is 19.8. The zero-order valence-electron chi connectivity index (χ0n) is 16.7. The van der Waals surface area contributed by atoms with Gasteiger partial charge in [0.25, 0.3) is 5.91 Å². The van der Waals surface area contributed by atoms with Crippen LogP contribution in [0.3, 0.4) is 0 Å². The van der Waals surface area contributed by atoms with Gasteiger partial charge < -0.3 is 9.73 Å². The Morgan fingerprint density at radius 1 is 1.11 bits per heavy atom. The largest absolute Gasteiger partial charge is 0.447 e. The molecule has 0 aliphatic rings. The lowest BCUT2D eigenvalue weighted by Gasteiger charge is -2.29. The van der Waals surface area contributed by atoms with Crippen LogP contribution in [0.25, 0.3) is 0 Å². The Labute approximate surface area is 166 Å². The van der Waals surface area contributed by atoms with Crippen LogP contribution in [-0.4, -0.2) is 22.3 Å². The molecule has 0 unspecified atom stereocenters. The van der Waals surface area contributed by atoms with Gasteiger partial charge in [0.05, 0.1) is 6.54 Å². The third-order valence-corrected chi connectivity index (χ3v) is 4.92. The average molecular weight is 377 g/mol. The number of nitrogens with zero attached hydrogens (tertiary/aromatic N) is 2. The van der Waals surface area contributed by atoms with Crippen molar-refractivity contribution in [2.75, 3.05) is 6.54 Å². The number of rotatable bonds is 8. The molecule has 5 heteroatoms. The lowest BCUT2D eigenvalue weighted by atomic mass is 10.0. The van der Waals surface area contributed by atoms with Crippen molar-refractivity contribution in [2.45, 2.75) is 39.9 Å². The molecule has 0 saturated heterocycles. The van der Waals surface area contributed by atoms with Crippen LogP contribution in [-0.2, 0) is 13.1 Å². The highest BCUT2D eigenvalue weighted by molar-refractivity contribution is 5.91. The number of amides is 1. The van der Waals surface area contributed by atoms with Crippen molar-refractivity contribution in [3.05, 3.63) is 89.1 Å². The van der Waals surface area contributed by atoms with E-state index in [-0.39, 0.29) is 11.9 Å². The Balaban J connectivity index is 1.84. The number of carbonyl (C=O) groups is 1. The zero-order chi connectivity index (χ0) is 19.9. The number of carbonyl (C=O) groups excluding carboxylic acids is 1. The summed E-state index contributed by atoms with van der Waals surface area (Å²) in [4.78, 5) is 18.7. The minimum absolute atomic E-state index is 0.167. The van der Waals surface area contributed by atoms with Gasteiger partial charge in [-0.3, -0.25) is 9.69 Å². The van der Waals surface area contributed by atoms with Gasteiger partial charge in [0, 0.05) is 19.1 Å². The molecule has 1 N–H and O–H groups in total. The molecule has 146 valence electrons. The first-order valence-corrected chi connectivity index (χ1v) is 9.64. The standard InChI is InChI=1S/C23H27N3O2/c1-4-24-23(27)21-16-28-22(25-21)15-26(14-20-13-9-8-10-17(20)2)18(3)19-11-6-5-7-12-19/h5-13,16,18H,4,14-15H2,1-3H3,(H,24,27)/t18-/m0/s1. The highest BCUT2D eigenvalue weighted by Crippen LogP contribution is 2.25. The molecule has 0 fully saturated rings. The Bertz CT molecular complexity index is 905. The molecule has 0 radical (unpaired) electrons. The molecule has 1 heterocycles. The van der Waals surface area contributed by atoms with Crippen molar-refractivity contribution in [2.24, 2.45) is 0 Å². The van der Waals surface area contributed by atoms with Gasteiger partial charge in [0.1, 0.15) is 6.26 Å². The van der Waals surface area contributed by atoms with Crippen molar-refractivity contribution in [1.29, 1.82) is 0 Å². The summed E-state index contributed by atoms with van der Waals surface area (Å²) in [5.74, 6) is 0.330. The van der Waals surface area contributed by atoms with Gasteiger partial charge in [0.15, 0.2) is 5.69 Å². The fourth-order valence-electron chi connectivity index (χ4n) is 3.19. The van der Waals surface area contributed by atoms with Crippen LogP contribution in [0.4, 0.5) is 0 Å². The van der Waals surface area contributed by atoms with Gasteiger partial charge in [-0.05, 0) is 37.5 Å². The number of benzene rings is 2. The van der Waals surface area contributed by atoms with E-state index < -0.39 is 0 Å². The lowest BCUT2D eigenvalue weighted by Crippen LogP contribution is -2.27. The average Bonchev–Trinajstić information content (AvgIpc) is 3.18. The number of nitrogens with one attached hydrogen (secondary N) is 1. The van der Waals surface area contributed by atoms with E-state index in [0.29, 0.717) is 24.7 Å². The van der Waals surface area contributed by atoms with Gasteiger partial charge in [-0.25, -0.2) is 4.98 Å². The van der Waals surface area contributed by atoms with Crippen LogP contribution in [0, 0.1) is 6.92 Å². The summed E-state index contributed by atoms with van der Waals surface area (Å²) in [6, 6.07) is 18.9. The third-order valence-electron chi connectivity index (χ3n) is 4.92. The van der Waals surface area contributed by atoms with E-state index in [2.05, 4.69) is 77.6 Å². The molecule has 28 heavy (non-hydrogen) atoms. The third kappa shape index (κ3) is 4.87. The molecule has 0 bridgehead atoms. The van der Waals surface area contributed by atoms with Crippen LogP contribution in [0.1, 0.15) is 53.0 Å². The molecular formula is C23H27N3O2. The van der Waals surface area contributed by atoms with Crippen LogP contribution in [0.2, 0.25) is 0 Å². The van der Waals surface area contributed by atoms with Crippen molar-refractivity contribution in [1.82, 2.24) is 15.2 Å². The van der Waals surface area contributed by atoms with Crippen molar-refractivity contribution in [3.63, 3.8) is 0 Å². The monoisotopic (exact) mass is 377 g/mol. The van der Waals surface area contributed by atoms with E-state index in [1.54, 1.807) is 0 Å². The molecule has 0 aliphatic carbocycles. The summed E-state index contributed by atoms with van der Waals surface area (Å²) in [6.45, 7) is 8.03. The minimum atomic E-state index is -0.209. The minimum Gasteiger partial charge on any atom is -0.447 e. The summed E-state index contributed by atoms with van der Waals surface area (Å²) < 4.78 is 5.60. The van der Waals surface area contributed by atoms with Crippen molar-refractivity contribution < 1.29 is 9.21 Å². The van der Waals surface area contributed by atoms with Crippen LogP contribution < -0.4 is 5.32 Å². The maximum atomic E-state index is 12.0. The van der Waals surface area contributed by atoms with Gasteiger partial charge in [0.2, 0.25) is 5.89 Å². The van der Waals surface area contributed by atoms with Crippen LogP contribution in [0.5, 0.6) is 0 Å². The van der Waals surface area contributed by atoms with E-state index in [1.165, 1.54) is 23.0 Å². The summed E-state index contributed by atoms with van der Waals surface area (Å²) in [5, 5.41) is 2.75. The highest BCUT2D eigenvalue weighted by Gasteiger charge is 2.20. The lowest BCUT2D eigenvalue weighted by molar-refractivity contribution is 0.0950. The van der Waals surface area contributed by atoms with E-state index >= 15 is 0 Å². The maximum Gasteiger partial charge on any atom is 0.273 e. The number of aryl methyl sites for hydroxylation is 1. The molecule has 0 aliphatic heterocycles. The molecule has 3 rings (SSSR count). The maximum absolute atomic E-state index is 12.0. The Morgan fingerprint density at radius 3 is 2.54 bits per heavy atom. The molecule has 0 saturated carbocycles. The Hall–Kier alpha value is -2.92. The van der Waals surface area contributed by atoms with Gasteiger partial charge in [-0.1, -0.05) is 54.6 Å². The fraction of sp³-hybridized carbons (Fsp3) is 0.304. The second-order valence-corrected chi connectivity index (χ2v) is 6.90. The topological polar surface area (TPSA) is 58.4 Å². The smallest absolute Gasteiger partial charge is 0.273 e. The second kappa shape index (κ2) is 9.33. The molecule has 1 atom stereocenters. The van der Waals surface area contributed by atoms with Crippen LogP contribution in [0.15, 0.2) is 65.3 Å². The first-order chi connectivity index (χ1) is 13.6. The van der Waals surface area contributed by atoms with E-state index in [0.717, 1.165) is 6.54 Å². The number of hydrogen-bond donors (Lipinski definition) is 1. The molecule has 5 nitrogen and oxygen atoms in total. The highest BCUT2D eigenvalue weighted by atomic mass is 16.3. The normalized spacial score (nSPS) is 12.1. The predicted molar refractivity (Wildman–Crippen MR) is 110 cm³/mol. The zero-order valence-corrected chi connectivity index (χ0v) is 16.7. The van der Waals surface area contributed by atoms with Crippen molar-refractivity contribution in [3.8, 4) is 0 Å².